The summed E-state index contributed by atoms with van der Waals surface area (Å²) in [4.78, 5) is 0. The molecule has 2 unspecified atom stereocenters. The van der Waals surface area contributed by atoms with Crippen molar-refractivity contribution < 1.29 is 9.47 Å². The quantitative estimate of drug-likeness (QED) is 0.739. The molecule has 0 spiro atoms. The molecule has 0 aliphatic heterocycles. The smallest absolute Gasteiger partial charge is 0.122 e. The lowest BCUT2D eigenvalue weighted by atomic mass is 9.97. The number of methoxy groups -OCH3 is 1. The zero-order valence-corrected chi connectivity index (χ0v) is 14.5. The van der Waals surface area contributed by atoms with E-state index in [-0.39, 0.29) is 12.1 Å². The second-order valence-corrected chi connectivity index (χ2v) is 5.75. The zero-order chi connectivity index (χ0) is 15.0. The largest absolute Gasteiger partial charge is 0.496 e. The summed E-state index contributed by atoms with van der Waals surface area (Å²) in [6, 6.07) is 6.42. The van der Waals surface area contributed by atoms with Crippen LogP contribution in [0.25, 0.3) is 0 Å². The second-order valence-electron chi connectivity index (χ2n) is 4.84. The van der Waals surface area contributed by atoms with Crippen molar-refractivity contribution in [1.29, 1.82) is 0 Å². The van der Waals surface area contributed by atoms with E-state index >= 15 is 0 Å². The molecule has 0 saturated carbocycles. The molecule has 0 bridgehead atoms. The summed E-state index contributed by atoms with van der Waals surface area (Å²) in [7, 11) is 3.71. The van der Waals surface area contributed by atoms with Crippen molar-refractivity contribution in [2.24, 2.45) is 0 Å². The summed E-state index contributed by atoms with van der Waals surface area (Å²) < 4.78 is 12.4. The first-order valence-corrected chi connectivity index (χ1v) is 8.06. The SMILES string of the molecule is CCCC(OCC)C(Cc1cc(Br)ccc1OC)NC. The Kier molecular flexibility index (Phi) is 8.19. The van der Waals surface area contributed by atoms with E-state index in [0.29, 0.717) is 0 Å². The highest BCUT2D eigenvalue weighted by Crippen LogP contribution is 2.25. The van der Waals surface area contributed by atoms with Gasteiger partial charge in [0.1, 0.15) is 5.75 Å². The lowest BCUT2D eigenvalue weighted by Crippen LogP contribution is -2.41. The summed E-state index contributed by atoms with van der Waals surface area (Å²) in [5.41, 5.74) is 1.20. The van der Waals surface area contributed by atoms with Crippen LogP contribution >= 0.6 is 15.9 Å². The number of halogens is 1. The molecule has 0 aliphatic rings. The fourth-order valence-electron chi connectivity index (χ4n) is 2.46. The Balaban J connectivity index is 2.88. The van der Waals surface area contributed by atoms with Crippen LogP contribution in [0, 0.1) is 0 Å². The molecule has 0 radical (unpaired) electrons. The average Bonchev–Trinajstić information content (AvgIpc) is 2.45. The Labute approximate surface area is 131 Å². The van der Waals surface area contributed by atoms with E-state index in [2.05, 4.69) is 41.2 Å². The third-order valence-corrected chi connectivity index (χ3v) is 3.95. The van der Waals surface area contributed by atoms with Crippen LogP contribution in [0.15, 0.2) is 22.7 Å². The standard InChI is InChI=1S/C16H26BrNO2/c1-5-7-16(20-6-2)14(18-3)11-12-10-13(17)8-9-15(12)19-4/h8-10,14,16,18H,5-7,11H2,1-4H3. The molecule has 0 amide bonds. The van der Waals surface area contributed by atoms with Gasteiger partial charge in [-0.05, 0) is 50.6 Å². The van der Waals surface area contributed by atoms with Crippen LogP contribution in [-0.4, -0.2) is 32.9 Å². The lowest BCUT2D eigenvalue weighted by molar-refractivity contribution is 0.0299. The van der Waals surface area contributed by atoms with Crippen LogP contribution < -0.4 is 10.1 Å². The summed E-state index contributed by atoms with van der Waals surface area (Å²) in [5.74, 6) is 0.931. The number of hydrogen-bond acceptors (Lipinski definition) is 3. The highest BCUT2D eigenvalue weighted by Gasteiger charge is 2.21. The molecular formula is C16H26BrNO2. The van der Waals surface area contributed by atoms with Crippen LogP contribution in [0.5, 0.6) is 5.75 Å². The van der Waals surface area contributed by atoms with Gasteiger partial charge in [0.05, 0.1) is 13.2 Å². The van der Waals surface area contributed by atoms with E-state index in [4.69, 9.17) is 9.47 Å². The molecule has 20 heavy (non-hydrogen) atoms. The van der Waals surface area contributed by atoms with Crippen LogP contribution in [-0.2, 0) is 11.2 Å². The average molecular weight is 344 g/mol. The Morgan fingerprint density at radius 3 is 2.60 bits per heavy atom. The molecule has 0 saturated heterocycles. The Bertz CT molecular complexity index is 392. The van der Waals surface area contributed by atoms with Gasteiger partial charge in [-0.2, -0.15) is 0 Å². The molecule has 1 aromatic rings. The van der Waals surface area contributed by atoms with Crippen LogP contribution in [0.3, 0.4) is 0 Å². The van der Waals surface area contributed by atoms with Crippen LogP contribution in [0.4, 0.5) is 0 Å². The van der Waals surface area contributed by atoms with Gasteiger partial charge in [-0.15, -0.1) is 0 Å². The number of nitrogens with one attached hydrogen (secondary N) is 1. The molecule has 1 N–H and O–H groups in total. The van der Waals surface area contributed by atoms with Gasteiger partial charge in [-0.3, -0.25) is 0 Å². The monoisotopic (exact) mass is 343 g/mol. The fourth-order valence-corrected chi connectivity index (χ4v) is 2.87. The van der Waals surface area contributed by atoms with Gasteiger partial charge in [-0.25, -0.2) is 0 Å². The first-order valence-electron chi connectivity index (χ1n) is 7.27. The number of rotatable bonds is 9. The second kappa shape index (κ2) is 9.37. The molecule has 0 fully saturated rings. The maximum Gasteiger partial charge on any atom is 0.122 e. The first-order chi connectivity index (χ1) is 9.65. The maximum atomic E-state index is 5.90. The summed E-state index contributed by atoms with van der Waals surface area (Å²) >= 11 is 3.53. The molecule has 0 aliphatic carbocycles. The predicted molar refractivity (Wildman–Crippen MR) is 87.6 cm³/mol. The number of hydrogen-bond donors (Lipinski definition) is 1. The van der Waals surface area contributed by atoms with Gasteiger partial charge >= 0.3 is 0 Å². The third-order valence-electron chi connectivity index (χ3n) is 3.46. The number of benzene rings is 1. The topological polar surface area (TPSA) is 30.5 Å². The van der Waals surface area contributed by atoms with Crippen LogP contribution in [0.1, 0.15) is 32.3 Å². The first kappa shape index (κ1) is 17.5. The Morgan fingerprint density at radius 1 is 1.30 bits per heavy atom. The van der Waals surface area contributed by atoms with Gasteiger partial charge in [0, 0.05) is 17.1 Å². The van der Waals surface area contributed by atoms with E-state index in [1.54, 1.807) is 7.11 Å². The maximum absolute atomic E-state index is 5.90. The minimum Gasteiger partial charge on any atom is -0.496 e. The van der Waals surface area contributed by atoms with Crippen molar-refractivity contribution >= 4 is 15.9 Å². The molecule has 114 valence electrons. The normalized spacial score (nSPS) is 14.1. The predicted octanol–water partition coefficient (Wildman–Crippen LogP) is 3.79. The molecule has 4 heteroatoms. The van der Waals surface area contributed by atoms with Crippen LogP contribution in [0.2, 0.25) is 0 Å². The van der Waals surface area contributed by atoms with E-state index < -0.39 is 0 Å². The van der Waals surface area contributed by atoms with Crippen molar-refractivity contribution in [2.45, 2.75) is 45.3 Å². The van der Waals surface area contributed by atoms with E-state index in [9.17, 15) is 0 Å². The summed E-state index contributed by atoms with van der Waals surface area (Å²) in [5, 5.41) is 3.40. The van der Waals surface area contributed by atoms with E-state index in [1.807, 2.05) is 19.2 Å². The highest BCUT2D eigenvalue weighted by molar-refractivity contribution is 9.10. The minimum absolute atomic E-state index is 0.235. The molecule has 0 aromatic heterocycles. The fraction of sp³-hybridized carbons (Fsp3) is 0.625. The molecule has 1 aromatic carbocycles. The number of likely N-dealkylation sites (N-methyl/N-ethyl adjacent to an activating group) is 1. The van der Waals surface area contributed by atoms with E-state index in [1.165, 1.54) is 5.56 Å². The molecular weight excluding hydrogens is 318 g/mol. The summed E-state index contributed by atoms with van der Waals surface area (Å²) in [6.45, 7) is 4.99. The Morgan fingerprint density at radius 2 is 2.05 bits per heavy atom. The van der Waals surface area contributed by atoms with Crippen molar-refractivity contribution in [3.8, 4) is 5.75 Å². The summed E-state index contributed by atoms with van der Waals surface area (Å²) in [6.07, 6.45) is 3.32. The minimum atomic E-state index is 0.235. The van der Waals surface area contributed by atoms with Crippen molar-refractivity contribution in [2.75, 3.05) is 20.8 Å². The van der Waals surface area contributed by atoms with Crippen molar-refractivity contribution in [3.05, 3.63) is 28.2 Å². The van der Waals surface area contributed by atoms with Crippen molar-refractivity contribution in [1.82, 2.24) is 5.32 Å². The molecule has 3 nitrogen and oxygen atoms in total. The lowest BCUT2D eigenvalue weighted by Gasteiger charge is -2.27. The zero-order valence-electron chi connectivity index (χ0n) is 12.9. The van der Waals surface area contributed by atoms with Crippen molar-refractivity contribution in [3.63, 3.8) is 0 Å². The highest BCUT2D eigenvalue weighted by atomic mass is 79.9. The van der Waals surface area contributed by atoms with Gasteiger partial charge in [0.2, 0.25) is 0 Å². The molecule has 2 atom stereocenters. The number of ether oxygens (including phenoxy) is 2. The molecule has 0 heterocycles. The van der Waals surface area contributed by atoms with E-state index in [0.717, 1.165) is 36.1 Å². The third kappa shape index (κ3) is 5.08. The Hall–Kier alpha value is -0.580. The van der Waals surface area contributed by atoms with Gasteiger partial charge < -0.3 is 14.8 Å². The van der Waals surface area contributed by atoms with Gasteiger partial charge in [0.15, 0.2) is 0 Å². The van der Waals surface area contributed by atoms with Gasteiger partial charge in [-0.1, -0.05) is 29.3 Å². The van der Waals surface area contributed by atoms with Gasteiger partial charge in [0.25, 0.3) is 0 Å². The molecule has 1 rings (SSSR count).